The first-order valence-corrected chi connectivity index (χ1v) is 6.47. The van der Waals surface area contributed by atoms with Crippen LogP contribution < -0.4 is 10.5 Å². The number of benzene rings is 1. The maximum absolute atomic E-state index is 6.14. The van der Waals surface area contributed by atoms with E-state index in [4.69, 9.17) is 56.9 Å². The van der Waals surface area contributed by atoms with Crippen molar-refractivity contribution in [2.24, 2.45) is 0 Å². The van der Waals surface area contributed by atoms with Gasteiger partial charge in [-0.1, -0.05) is 46.4 Å². The van der Waals surface area contributed by atoms with Crippen molar-refractivity contribution >= 4 is 52.4 Å². The number of anilines is 1. The van der Waals surface area contributed by atoms with E-state index in [1.165, 1.54) is 13.2 Å². The van der Waals surface area contributed by atoms with Crippen molar-refractivity contribution in [1.29, 1.82) is 0 Å². The first kappa shape index (κ1) is 14.5. The molecule has 0 radical (unpaired) electrons. The summed E-state index contributed by atoms with van der Waals surface area (Å²) in [6, 6.07) is 3.03. The van der Waals surface area contributed by atoms with Crippen LogP contribution in [0.5, 0.6) is 5.88 Å². The van der Waals surface area contributed by atoms with Crippen LogP contribution >= 0.6 is 46.4 Å². The monoisotopic (exact) mass is 337 g/mol. The summed E-state index contributed by atoms with van der Waals surface area (Å²) < 4.78 is 5.01. The Morgan fingerprint density at radius 3 is 2.32 bits per heavy atom. The minimum absolute atomic E-state index is 0.0348. The van der Waals surface area contributed by atoms with Gasteiger partial charge >= 0.3 is 0 Å². The molecule has 4 nitrogen and oxygen atoms in total. The molecule has 0 aliphatic rings. The molecule has 8 heteroatoms. The summed E-state index contributed by atoms with van der Waals surface area (Å²) in [6.45, 7) is 0. The average Bonchev–Trinajstić information content (AvgIpc) is 2.35. The Balaban J connectivity index is 2.72. The number of nitrogen functional groups attached to an aromatic ring is 1. The van der Waals surface area contributed by atoms with Gasteiger partial charge < -0.3 is 10.5 Å². The van der Waals surface area contributed by atoms with Gasteiger partial charge in [0.15, 0.2) is 0 Å². The highest BCUT2D eigenvalue weighted by molar-refractivity contribution is 6.51. The number of nitrogens with zero attached hydrogens (tertiary/aromatic N) is 2. The van der Waals surface area contributed by atoms with Crippen molar-refractivity contribution in [2.75, 3.05) is 12.8 Å². The second kappa shape index (κ2) is 5.59. The summed E-state index contributed by atoms with van der Waals surface area (Å²) in [5.74, 6) is 0.327. The Morgan fingerprint density at radius 1 is 1.00 bits per heavy atom. The molecule has 0 atom stereocenters. The third-order valence-corrected chi connectivity index (χ3v) is 3.86. The van der Waals surface area contributed by atoms with Gasteiger partial charge in [0.05, 0.1) is 32.9 Å². The molecule has 1 aromatic carbocycles. The molecule has 0 aliphatic carbocycles. The van der Waals surface area contributed by atoms with Crippen LogP contribution in [0.4, 0.5) is 5.95 Å². The summed E-state index contributed by atoms with van der Waals surface area (Å²) in [7, 11) is 1.46. The summed E-state index contributed by atoms with van der Waals surface area (Å²) >= 11 is 24.1. The van der Waals surface area contributed by atoms with Gasteiger partial charge in [0, 0.05) is 11.6 Å². The Bertz CT molecular complexity index is 648. The van der Waals surface area contributed by atoms with Gasteiger partial charge in [0.2, 0.25) is 11.8 Å². The van der Waals surface area contributed by atoms with Crippen molar-refractivity contribution in [2.45, 2.75) is 0 Å². The second-order valence-corrected chi connectivity index (χ2v) is 5.07. The highest BCUT2D eigenvalue weighted by Crippen LogP contribution is 2.42. The maximum Gasteiger partial charge on any atom is 0.223 e. The molecule has 0 amide bonds. The van der Waals surface area contributed by atoms with Crippen molar-refractivity contribution in [1.82, 2.24) is 9.97 Å². The SMILES string of the molecule is COc1cc(-c2c(Cl)cc(Cl)c(Cl)c2Cl)nc(N)n1. The maximum atomic E-state index is 6.14. The zero-order valence-electron chi connectivity index (χ0n) is 9.55. The van der Waals surface area contributed by atoms with Gasteiger partial charge in [-0.3, -0.25) is 0 Å². The molecular weight excluding hydrogens is 332 g/mol. The highest BCUT2D eigenvalue weighted by Gasteiger charge is 2.17. The second-order valence-electron chi connectivity index (χ2n) is 3.50. The molecule has 2 N–H and O–H groups in total. The summed E-state index contributed by atoms with van der Waals surface area (Å²) in [5.41, 5.74) is 6.42. The fraction of sp³-hybridized carbons (Fsp3) is 0.0909. The average molecular weight is 339 g/mol. The molecule has 1 aromatic heterocycles. The fourth-order valence-corrected chi connectivity index (χ4v) is 2.58. The third kappa shape index (κ3) is 2.82. The van der Waals surface area contributed by atoms with Gasteiger partial charge in [-0.15, -0.1) is 0 Å². The smallest absolute Gasteiger partial charge is 0.223 e. The normalized spacial score (nSPS) is 10.6. The molecular formula is C11H7Cl4N3O. The Kier molecular flexibility index (Phi) is 4.26. The number of hydrogen-bond acceptors (Lipinski definition) is 4. The van der Waals surface area contributed by atoms with Crippen LogP contribution in [-0.2, 0) is 0 Å². The number of aromatic nitrogens is 2. The molecule has 0 fully saturated rings. The zero-order chi connectivity index (χ0) is 14.2. The van der Waals surface area contributed by atoms with Crippen molar-refractivity contribution in [3.63, 3.8) is 0 Å². The first-order valence-electron chi connectivity index (χ1n) is 4.96. The van der Waals surface area contributed by atoms with E-state index in [-0.39, 0.29) is 21.0 Å². The number of ether oxygens (including phenoxy) is 1. The number of hydrogen-bond donors (Lipinski definition) is 1. The van der Waals surface area contributed by atoms with Crippen LogP contribution in [0, 0.1) is 0 Å². The molecule has 19 heavy (non-hydrogen) atoms. The van der Waals surface area contributed by atoms with Gasteiger partial charge in [0.25, 0.3) is 0 Å². The van der Waals surface area contributed by atoms with Gasteiger partial charge in [-0.05, 0) is 6.07 Å². The quantitative estimate of drug-likeness (QED) is 0.653. The van der Waals surface area contributed by atoms with Crippen molar-refractivity contribution in [3.05, 3.63) is 32.2 Å². The van der Waals surface area contributed by atoms with Gasteiger partial charge in [0.1, 0.15) is 0 Å². The van der Waals surface area contributed by atoms with Gasteiger partial charge in [-0.2, -0.15) is 4.98 Å². The highest BCUT2D eigenvalue weighted by atomic mass is 35.5. The minimum atomic E-state index is 0.0348. The Labute approximate surface area is 129 Å². The lowest BCUT2D eigenvalue weighted by Crippen LogP contribution is -1.99. The van der Waals surface area contributed by atoms with Crippen LogP contribution in [0.25, 0.3) is 11.3 Å². The molecule has 0 saturated carbocycles. The lowest BCUT2D eigenvalue weighted by atomic mass is 10.1. The first-order chi connectivity index (χ1) is 8.93. The van der Waals surface area contributed by atoms with Crippen LogP contribution in [0.2, 0.25) is 20.1 Å². The number of halogens is 4. The fourth-order valence-electron chi connectivity index (χ4n) is 1.48. The lowest BCUT2D eigenvalue weighted by Gasteiger charge is -2.10. The van der Waals surface area contributed by atoms with Crippen molar-refractivity contribution in [3.8, 4) is 17.1 Å². The number of nitrogens with two attached hydrogens (primary N) is 1. The third-order valence-electron chi connectivity index (χ3n) is 2.30. The summed E-state index contributed by atoms with van der Waals surface area (Å²) in [6.07, 6.45) is 0. The topological polar surface area (TPSA) is 61.0 Å². The molecule has 0 unspecified atom stereocenters. The summed E-state index contributed by atoms with van der Waals surface area (Å²) in [5, 5.41) is 0.951. The van der Waals surface area contributed by atoms with Gasteiger partial charge in [-0.25, -0.2) is 4.98 Å². The van der Waals surface area contributed by atoms with E-state index >= 15 is 0 Å². The van der Waals surface area contributed by atoms with E-state index in [1.54, 1.807) is 6.07 Å². The Morgan fingerprint density at radius 2 is 1.68 bits per heavy atom. The standard InChI is InChI=1S/C11H7Cl4N3O/c1-19-7-3-6(17-11(16)18-7)8-4(12)2-5(13)9(14)10(8)15/h2-3H,1H3,(H2,16,17,18). The predicted octanol–water partition coefficient (Wildman–Crippen LogP) is 4.35. The van der Waals surface area contributed by atoms with E-state index in [0.717, 1.165) is 0 Å². The van der Waals surface area contributed by atoms with Crippen molar-refractivity contribution < 1.29 is 4.74 Å². The van der Waals surface area contributed by atoms with E-state index in [1.807, 2.05) is 0 Å². The number of rotatable bonds is 2. The zero-order valence-corrected chi connectivity index (χ0v) is 12.6. The molecule has 0 spiro atoms. The number of methoxy groups -OCH3 is 1. The lowest BCUT2D eigenvalue weighted by molar-refractivity contribution is 0.398. The van der Waals surface area contributed by atoms with Crippen LogP contribution in [0.3, 0.4) is 0 Å². The largest absolute Gasteiger partial charge is 0.481 e. The minimum Gasteiger partial charge on any atom is -0.481 e. The van der Waals surface area contributed by atoms with Crippen LogP contribution in [-0.4, -0.2) is 17.1 Å². The summed E-state index contributed by atoms with van der Waals surface area (Å²) in [4.78, 5) is 7.94. The van der Waals surface area contributed by atoms with E-state index in [2.05, 4.69) is 9.97 Å². The molecule has 100 valence electrons. The van der Waals surface area contributed by atoms with E-state index in [9.17, 15) is 0 Å². The molecule has 0 aliphatic heterocycles. The van der Waals surface area contributed by atoms with Crippen LogP contribution in [0.15, 0.2) is 12.1 Å². The van der Waals surface area contributed by atoms with E-state index in [0.29, 0.717) is 22.2 Å². The predicted molar refractivity (Wildman–Crippen MR) is 78.5 cm³/mol. The Hall–Kier alpha value is -0.940. The molecule has 0 bridgehead atoms. The molecule has 0 saturated heterocycles. The molecule has 2 aromatic rings. The van der Waals surface area contributed by atoms with Crippen LogP contribution in [0.1, 0.15) is 0 Å². The van der Waals surface area contributed by atoms with E-state index < -0.39 is 0 Å². The molecule has 2 rings (SSSR count). The molecule has 1 heterocycles.